The third kappa shape index (κ3) is 6.80. The second-order valence-corrected chi connectivity index (χ2v) is 6.49. The Bertz CT molecular complexity index is 447. The predicted molar refractivity (Wildman–Crippen MR) is 83.2 cm³/mol. The Morgan fingerprint density at radius 1 is 1.29 bits per heavy atom. The Morgan fingerprint density at radius 2 is 1.95 bits per heavy atom. The number of rotatable bonds is 7. The van der Waals surface area contributed by atoms with Crippen molar-refractivity contribution in [2.75, 3.05) is 26.7 Å². The van der Waals surface area contributed by atoms with Gasteiger partial charge in [0, 0.05) is 24.1 Å². The summed E-state index contributed by atoms with van der Waals surface area (Å²) in [5.74, 6) is 0.591. The van der Waals surface area contributed by atoms with Crippen LogP contribution in [0.25, 0.3) is 0 Å². The minimum Gasteiger partial charge on any atom is -0.315 e. The van der Waals surface area contributed by atoms with Crippen molar-refractivity contribution < 1.29 is 13.2 Å². The van der Waals surface area contributed by atoms with Crippen LogP contribution in [0, 0.1) is 5.92 Å². The quantitative estimate of drug-likeness (QED) is 0.729. The van der Waals surface area contributed by atoms with Crippen molar-refractivity contribution in [3.05, 3.63) is 33.8 Å². The Hall–Kier alpha value is -0.590. The molecule has 2 nitrogen and oxygen atoms in total. The van der Waals surface area contributed by atoms with E-state index in [1.54, 1.807) is 0 Å². The van der Waals surface area contributed by atoms with Gasteiger partial charge in [-0.1, -0.05) is 29.8 Å². The summed E-state index contributed by atoms with van der Waals surface area (Å²) >= 11 is 3.32. The van der Waals surface area contributed by atoms with Crippen LogP contribution in [0.15, 0.2) is 22.7 Å². The molecule has 0 radical (unpaired) electrons. The third-order valence-corrected chi connectivity index (χ3v) is 3.81. The fourth-order valence-corrected chi connectivity index (χ4v) is 2.27. The minimum atomic E-state index is -4.30. The summed E-state index contributed by atoms with van der Waals surface area (Å²) in [4.78, 5) is 2.01. The molecule has 120 valence electrons. The van der Waals surface area contributed by atoms with E-state index in [0.717, 1.165) is 25.7 Å². The van der Waals surface area contributed by atoms with Crippen LogP contribution in [0.2, 0.25) is 0 Å². The molecule has 6 heteroatoms. The average Bonchev–Trinajstić information content (AvgIpc) is 2.36. The zero-order valence-electron chi connectivity index (χ0n) is 12.6. The Balaban J connectivity index is 2.57. The van der Waals surface area contributed by atoms with E-state index >= 15 is 0 Å². The highest BCUT2D eigenvalue weighted by Gasteiger charge is 2.30. The van der Waals surface area contributed by atoms with Gasteiger partial charge in [-0.2, -0.15) is 13.2 Å². The first-order valence-corrected chi connectivity index (χ1v) is 7.74. The summed E-state index contributed by atoms with van der Waals surface area (Å²) in [7, 11) is 1.91. The van der Waals surface area contributed by atoms with Crippen molar-refractivity contribution in [1.82, 2.24) is 10.2 Å². The molecule has 0 fully saturated rings. The highest BCUT2D eigenvalue weighted by Crippen LogP contribution is 2.32. The molecule has 0 aliphatic heterocycles. The van der Waals surface area contributed by atoms with Crippen molar-refractivity contribution in [3.63, 3.8) is 0 Å². The molecule has 0 saturated carbocycles. The molecule has 0 atom stereocenters. The first kappa shape index (κ1) is 18.5. The lowest BCUT2D eigenvalue weighted by atomic mass is 10.1. The Morgan fingerprint density at radius 3 is 2.52 bits per heavy atom. The maximum absolute atomic E-state index is 12.7. The van der Waals surface area contributed by atoms with Gasteiger partial charge in [-0.05, 0) is 43.3 Å². The highest BCUT2D eigenvalue weighted by molar-refractivity contribution is 9.10. The minimum absolute atomic E-state index is 0.480. The first-order valence-electron chi connectivity index (χ1n) is 6.95. The molecule has 0 heterocycles. The lowest BCUT2D eigenvalue weighted by Crippen LogP contribution is -2.31. The van der Waals surface area contributed by atoms with E-state index in [9.17, 15) is 13.2 Å². The Kier molecular flexibility index (Phi) is 7.16. The number of benzene rings is 1. The number of hydrogen-bond donors (Lipinski definition) is 1. The molecule has 0 aliphatic carbocycles. The lowest BCUT2D eigenvalue weighted by Gasteiger charge is -2.19. The monoisotopic (exact) mass is 366 g/mol. The number of likely N-dealkylation sites (N-methyl/N-ethyl adjacent to an activating group) is 1. The molecule has 0 aliphatic rings. The van der Waals surface area contributed by atoms with E-state index in [-0.39, 0.29) is 0 Å². The van der Waals surface area contributed by atoms with Crippen LogP contribution in [-0.2, 0) is 12.7 Å². The van der Waals surface area contributed by atoms with Gasteiger partial charge >= 0.3 is 6.18 Å². The van der Waals surface area contributed by atoms with E-state index in [4.69, 9.17) is 0 Å². The number of nitrogens with one attached hydrogen (secondary N) is 1. The summed E-state index contributed by atoms with van der Waals surface area (Å²) < 4.78 is 38.9. The first-order chi connectivity index (χ1) is 9.70. The van der Waals surface area contributed by atoms with Crippen LogP contribution >= 0.6 is 15.9 Å². The number of halogens is 4. The van der Waals surface area contributed by atoms with Gasteiger partial charge in [-0.25, -0.2) is 0 Å². The summed E-state index contributed by atoms with van der Waals surface area (Å²) in [6.07, 6.45) is -4.30. The van der Waals surface area contributed by atoms with E-state index in [2.05, 4.69) is 35.1 Å². The maximum atomic E-state index is 12.7. The SMILES string of the molecule is CC(C)CNCCN(C)Cc1cc(C(F)(F)F)ccc1Br. The average molecular weight is 367 g/mol. The zero-order valence-corrected chi connectivity index (χ0v) is 14.2. The standard InChI is InChI=1S/C15H22BrF3N2/c1-11(2)9-20-6-7-21(3)10-12-8-13(15(17,18)19)4-5-14(12)16/h4-5,8,11,20H,6-7,9-10H2,1-3H3. The van der Waals surface area contributed by atoms with E-state index < -0.39 is 11.7 Å². The number of nitrogens with zero attached hydrogens (tertiary/aromatic N) is 1. The van der Waals surface area contributed by atoms with Gasteiger partial charge in [0.1, 0.15) is 0 Å². The molecule has 0 bridgehead atoms. The van der Waals surface area contributed by atoms with E-state index in [1.807, 2.05) is 11.9 Å². The van der Waals surface area contributed by atoms with Gasteiger partial charge in [-0.3, -0.25) is 0 Å². The molecule has 1 aromatic carbocycles. The molecule has 1 aromatic rings. The molecule has 1 N–H and O–H groups in total. The molecule has 1 rings (SSSR count). The lowest BCUT2D eigenvalue weighted by molar-refractivity contribution is -0.137. The van der Waals surface area contributed by atoms with Crippen molar-refractivity contribution in [1.29, 1.82) is 0 Å². The van der Waals surface area contributed by atoms with Crippen molar-refractivity contribution in [3.8, 4) is 0 Å². The molecule has 0 amide bonds. The maximum Gasteiger partial charge on any atom is 0.416 e. The van der Waals surface area contributed by atoms with Crippen molar-refractivity contribution in [2.24, 2.45) is 5.92 Å². The van der Waals surface area contributed by atoms with E-state index in [1.165, 1.54) is 12.1 Å². The van der Waals surface area contributed by atoms with Crippen molar-refractivity contribution >= 4 is 15.9 Å². The van der Waals surface area contributed by atoms with Gasteiger partial charge in [0.2, 0.25) is 0 Å². The fourth-order valence-electron chi connectivity index (χ4n) is 1.90. The topological polar surface area (TPSA) is 15.3 Å². The van der Waals surface area contributed by atoms with Gasteiger partial charge in [-0.15, -0.1) is 0 Å². The van der Waals surface area contributed by atoms with Crippen LogP contribution in [0.1, 0.15) is 25.0 Å². The molecule has 21 heavy (non-hydrogen) atoms. The molecular weight excluding hydrogens is 345 g/mol. The van der Waals surface area contributed by atoms with Gasteiger partial charge in [0.05, 0.1) is 5.56 Å². The molecule has 0 aromatic heterocycles. The fraction of sp³-hybridized carbons (Fsp3) is 0.600. The predicted octanol–water partition coefficient (Wildman–Crippen LogP) is 4.15. The zero-order chi connectivity index (χ0) is 16.0. The summed E-state index contributed by atoms with van der Waals surface area (Å²) in [5.41, 5.74) is 0.0446. The summed E-state index contributed by atoms with van der Waals surface area (Å²) in [5, 5.41) is 3.32. The van der Waals surface area contributed by atoms with Crippen LogP contribution in [0.4, 0.5) is 13.2 Å². The van der Waals surface area contributed by atoms with E-state index in [0.29, 0.717) is 22.5 Å². The normalized spacial score (nSPS) is 12.4. The smallest absolute Gasteiger partial charge is 0.315 e. The molecule has 0 spiro atoms. The number of alkyl halides is 3. The molecular formula is C15H22BrF3N2. The van der Waals surface area contributed by atoms with Gasteiger partial charge in [0.15, 0.2) is 0 Å². The molecule has 0 saturated heterocycles. The van der Waals surface area contributed by atoms with Crippen LogP contribution < -0.4 is 5.32 Å². The van der Waals surface area contributed by atoms with Crippen molar-refractivity contribution in [2.45, 2.75) is 26.6 Å². The second kappa shape index (κ2) is 8.15. The third-order valence-electron chi connectivity index (χ3n) is 3.04. The summed E-state index contributed by atoms with van der Waals surface area (Å²) in [6.45, 7) is 7.31. The van der Waals surface area contributed by atoms with Gasteiger partial charge < -0.3 is 10.2 Å². The van der Waals surface area contributed by atoms with Gasteiger partial charge in [0.25, 0.3) is 0 Å². The largest absolute Gasteiger partial charge is 0.416 e. The Labute approximate surface area is 132 Å². The summed E-state index contributed by atoms with van der Waals surface area (Å²) in [6, 6.07) is 3.77. The second-order valence-electron chi connectivity index (χ2n) is 5.64. The number of hydrogen-bond acceptors (Lipinski definition) is 2. The molecule has 0 unspecified atom stereocenters. The van der Waals surface area contributed by atoms with Crippen LogP contribution in [-0.4, -0.2) is 31.6 Å². The van der Waals surface area contributed by atoms with Crippen LogP contribution in [0.3, 0.4) is 0 Å². The highest BCUT2D eigenvalue weighted by atomic mass is 79.9. The van der Waals surface area contributed by atoms with Crippen LogP contribution in [0.5, 0.6) is 0 Å².